The first-order valence-corrected chi connectivity index (χ1v) is 12.6. The number of nitrogens with two attached hydrogens (primary N) is 1. The fraction of sp³-hybridized carbons (Fsp3) is 0.150. The van der Waals surface area contributed by atoms with Crippen molar-refractivity contribution < 1.29 is 8.42 Å². The van der Waals surface area contributed by atoms with Gasteiger partial charge in [-0.15, -0.1) is 5.10 Å². The highest BCUT2D eigenvalue weighted by molar-refractivity contribution is 7.89. The van der Waals surface area contributed by atoms with Crippen LogP contribution in [0.25, 0.3) is 16.7 Å². The van der Waals surface area contributed by atoms with E-state index in [1.165, 1.54) is 4.68 Å². The molecule has 0 aliphatic carbocycles. The highest BCUT2D eigenvalue weighted by Crippen LogP contribution is 2.34. The second-order valence-electron chi connectivity index (χ2n) is 7.55. The minimum Gasteiger partial charge on any atom is -0.361 e. The number of H-pyrrole nitrogens is 1. The standard InChI is InChI=1S/C20H16Cl4N6O3S/c1-29(2)19-16-18(26-15(27-20(16)31)6-9-3-4-11(21)12(22)5-9)30(28-19)17-13(23)7-10(8-14(17)24)34(25,32)33/h3-5,7-8H,6H2,1-2H3,(H2,25,32,33)(H,26,27,31). The molecule has 4 rings (SSSR count). The number of halogens is 4. The first-order valence-electron chi connectivity index (χ1n) is 9.52. The lowest BCUT2D eigenvalue weighted by Gasteiger charge is -2.11. The van der Waals surface area contributed by atoms with E-state index in [2.05, 4.69) is 15.1 Å². The maximum absolute atomic E-state index is 13.1. The summed E-state index contributed by atoms with van der Waals surface area (Å²) in [5.74, 6) is 0.642. The molecule has 2 aromatic carbocycles. The van der Waals surface area contributed by atoms with Crippen LogP contribution >= 0.6 is 46.4 Å². The Morgan fingerprint density at radius 1 is 1.03 bits per heavy atom. The van der Waals surface area contributed by atoms with Crippen molar-refractivity contribution in [2.75, 3.05) is 19.0 Å². The molecule has 0 radical (unpaired) electrons. The first kappa shape index (κ1) is 24.8. The van der Waals surface area contributed by atoms with E-state index in [9.17, 15) is 13.2 Å². The molecule has 0 saturated heterocycles. The van der Waals surface area contributed by atoms with Crippen molar-refractivity contribution in [3.63, 3.8) is 0 Å². The molecular weight excluding hydrogens is 546 g/mol. The van der Waals surface area contributed by atoms with Gasteiger partial charge in [0.2, 0.25) is 10.0 Å². The average molecular weight is 562 g/mol. The molecule has 0 aliphatic rings. The Morgan fingerprint density at radius 2 is 1.68 bits per heavy atom. The third-order valence-electron chi connectivity index (χ3n) is 4.88. The minimum atomic E-state index is -4.05. The quantitative estimate of drug-likeness (QED) is 0.379. The fourth-order valence-electron chi connectivity index (χ4n) is 3.36. The lowest BCUT2D eigenvalue weighted by molar-refractivity contribution is 0.598. The zero-order valence-electron chi connectivity index (χ0n) is 17.6. The van der Waals surface area contributed by atoms with E-state index in [1.54, 1.807) is 37.2 Å². The van der Waals surface area contributed by atoms with Crippen molar-refractivity contribution in [1.82, 2.24) is 19.7 Å². The van der Waals surface area contributed by atoms with E-state index in [0.717, 1.165) is 17.7 Å². The summed E-state index contributed by atoms with van der Waals surface area (Å²) in [6.07, 6.45) is 0.246. The summed E-state index contributed by atoms with van der Waals surface area (Å²) < 4.78 is 24.8. The topological polar surface area (TPSA) is 127 Å². The number of benzene rings is 2. The molecular formula is C20H16Cl4N6O3S. The third kappa shape index (κ3) is 4.61. The van der Waals surface area contributed by atoms with Crippen LogP contribution in [0, 0.1) is 0 Å². The molecule has 0 atom stereocenters. The van der Waals surface area contributed by atoms with Crippen molar-refractivity contribution in [2.24, 2.45) is 5.14 Å². The molecule has 3 N–H and O–H groups in total. The molecule has 0 amide bonds. The van der Waals surface area contributed by atoms with Crippen LogP contribution in [-0.4, -0.2) is 42.3 Å². The molecule has 0 unspecified atom stereocenters. The van der Waals surface area contributed by atoms with Crippen LogP contribution in [0.5, 0.6) is 0 Å². The number of nitrogens with one attached hydrogen (secondary N) is 1. The van der Waals surface area contributed by atoms with Crippen LogP contribution in [0.2, 0.25) is 20.1 Å². The second-order valence-corrected chi connectivity index (χ2v) is 10.7. The van der Waals surface area contributed by atoms with Gasteiger partial charge in [0.05, 0.1) is 25.0 Å². The molecule has 34 heavy (non-hydrogen) atoms. The molecule has 4 aromatic rings. The summed E-state index contributed by atoms with van der Waals surface area (Å²) in [4.78, 5) is 21.8. The Morgan fingerprint density at radius 3 is 2.24 bits per heavy atom. The lowest BCUT2D eigenvalue weighted by atomic mass is 10.1. The Bertz CT molecular complexity index is 1590. The van der Waals surface area contributed by atoms with Crippen molar-refractivity contribution in [2.45, 2.75) is 11.3 Å². The molecule has 0 aliphatic heterocycles. The molecule has 2 aromatic heterocycles. The predicted octanol–water partition coefficient (Wildman–Crippen LogP) is 4.03. The van der Waals surface area contributed by atoms with E-state index in [0.29, 0.717) is 21.7 Å². The van der Waals surface area contributed by atoms with Crippen LogP contribution in [0.15, 0.2) is 40.0 Å². The Labute approximate surface area is 214 Å². The van der Waals surface area contributed by atoms with Gasteiger partial charge in [0, 0.05) is 20.5 Å². The molecule has 14 heteroatoms. The van der Waals surface area contributed by atoms with Crippen molar-refractivity contribution in [3.05, 3.63) is 72.2 Å². The minimum absolute atomic E-state index is 0.0423. The molecule has 0 saturated carbocycles. The molecule has 9 nitrogen and oxygen atoms in total. The average Bonchev–Trinajstić information content (AvgIpc) is 3.10. The van der Waals surface area contributed by atoms with E-state index in [4.69, 9.17) is 51.5 Å². The van der Waals surface area contributed by atoms with Crippen LogP contribution in [0.4, 0.5) is 5.82 Å². The monoisotopic (exact) mass is 560 g/mol. The van der Waals surface area contributed by atoms with E-state index in [1.807, 2.05) is 0 Å². The van der Waals surface area contributed by atoms with Crippen LogP contribution < -0.4 is 15.6 Å². The van der Waals surface area contributed by atoms with Gasteiger partial charge in [0.25, 0.3) is 5.56 Å². The molecule has 2 heterocycles. The van der Waals surface area contributed by atoms with Gasteiger partial charge in [-0.1, -0.05) is 52.5 Å². The molecule has 0 spiro atoms. The van der Waals surface area contributed by atoms with Gasteiger partial charge in [-0.2, -0.15) is 0 Å². The van der Waals surface area contributed by atoms with Gasteiger partial charge in [-0.25, -0.2) is 23.2 Å². The number of rotatable bonds is 5. The van der Waals surface area contributed by atoms with Crippen LogP contribution in [0.1, 0.15) is 11.4 Å². The highest BCUT2D eigenvalue weighted by Gasteiger charge is 2.24. The SMILES string of the molecule is CN(C)c1nn(-c2c(Cl)cc(S(N)(=O)=O)cc2Cl)c2nc(Cc3ccc(Cl)c(Cl)c3)[nH]c(=O)c12. The normalized spacial score (nSPS) is 11.9. The zero-order valence-corrected chi connectivity index (χ0v) is 21.4. The number of aromatic nitrogens is 4. The maximum Gasteiger partial charge on any atom is 0.264 e. The highest BCUT2D eigenvalue weighted by atomic mass is 35.5. The second kappa shape index (κ2) is 9.03. The first-order chi connectivity index (χ1) is 15.9. The number of fused-ring (bicyclic) bond motifs is 1. The Balaban J connectivity index is 1.96. The van der Waals surface area contributed by atoms with Gasteiger partial charge < -0.3 is 9.88 Å². The summed E-state index contributed by atoms with van der Waals surface area (Å²) in [7, 11) is -0.628. The molecule has 0 bridgehead atoms. The van der Waals surface area contributed by atoms with Crippen molar-refractivity contribution >= 4 is 73.3 Å². The van der Waals surface area contributed by atoms with E-state index >= 15 is 0 Å². The number of hydrogen-bond donors (Lipinski definition) is 2. The predicted molar refractivity (Wildman–Crippen MR) is 134 cm³/mol. The Kier molecular flexibility index (Phi) is 6.58. The zero-order chi connectivity index (χ0) is 24.9. The van der Waals surface area contributed by atoms with E-state index in [-0.39, 0.29) is 38.1 Å². The number of nitrogens with zero attached hydrogens (tertiary/aromatic N) is 4. The summed E-state index contributed by atoms with van der Waals surface area (Å²) in [6, 6.07) is 7.41. The lowest BCUT2D eigenvalue weighted by Crippen LogP contribution is -2.16. The Hall–Kier alpha value is -2.34. The van der Waals surface area contributed by atoms with Gasteiger partial charge in [-0.05, 0) is 29.8 Å². The maximum atomic E-state index is 13.1. The third-order valence-corrected chi connectivity index (χ3v) is 7.09. The summed E-state index contributed by atoms with van der Waals surface area (Å²) >= 11 is 24.9. The number of sulfonamides is 1. The number of anilines is 1. The molecule has 0 fully saturated rings. The van der Waals surface area contributed by atoms with Gasteiger partial charge >= 0.3 is 0 Å². The largest absolute Gasteiger partial charge is 0.361 e. The van der Waals surface area contributed by atoms with Crippen molar-refractivity contribution in [3.8, 4) is 5.69 Å². The fourth-order valence-corrected chi connectivity index (χ4v) is 5.02. The van der Waals surface area contributed by atoms with Gasteiger partial charge in [0.1, 0.15) is 16.9 Å². The van der Waals surface area contributed by atoms with Crippen LogP contribution in [0.3, 0.4) is 0 Å². The van der Waals surface area contributed by atoms with Gasteiger partial charge in [0.15, 0.2) is 11.5 Å². The summed E-state index contributed by atoms with van der Waals surface area (Å²) in [5.41, 5.74) is 0.662. The summed E-state index contributed by atoms with van der Waals surface area (Å²) in [6.45, 7) is 0. The summed E-state index contributed by atoms with van der Waals surface area (Å²) in [5, 5.41) is 10.6. The number of hydrogen-bond acceptors (Lipinski definition) is 6. The van der Waals surface area contributed by atoms with Gasteiger partial charge in [-0.3, -0.25) is 4.79 Å². The number of aromatic amines is 1. The smallest absolute Gasteiger partial charge is 0.264 e. The van der Waals surface area contributed by atoms with E-state index < -0.39 is 15.6 Å². The van der Waals surface area contributed by atoms with Crippen molar-refractivity contribution in [1.29, 1.82) is 0 Å². The molecule has 178 valence electrons. The van der Waals surface area contributed by atoms with Crippen LogP contribution in [-0.2, 0) is 16.4 Å². The number of primary sulfonamides is 1.